The van der Waals surface area contributed by atoms with Crippen LogP contribution in [0.15, 0.2) is 29.2 Å². The normalized spacial score (nSPS) is 27.8. The maximum atomic E-state index is 13.3. The lowest BCUT2D eigenvalue weighted by Crippen LogP contribution is -2.38. The Morgan fingerprint density at radius 1 is 1.46 bits per heavy atom. The van der Waals surface area contributed by atoms with Crippen molar-refractivity contribution in [2.24, 2.45) is 17.3 Å². The molecule has 3 nitrogen and oxygen atoms in total. The van der Waals surface area contributed by atoms with Crippen molar-refractivity contribution in [2.75, 3.05) is 13.2 Å². The van der Waals surface area contributed by atoms with Crippen LogP contribution in [0.25, 0.3) is 0 Å². The van der Waals surface area contributed by atoms with Gasteiger partial charge in [-0.05, 0) is 49.5 Å². The highest BCUT2D eigenvalue weighted by Gasteiger charge is 2.61. The number of rotatable bonds is 6. The van der Waals surface area contributed by atoms with Crippen molar-refractivity contribution in [3.8, 4) is 0 Å². The molecule has 2 fully saturated rings. The molecule has 3 unspecified atom stereocenters. The van der Waals surface area contributed by atoms with Gasteiger partial charge in [-0.15, -0.1) is 11.3 Å². The molecule has 0 spiro atoms. The highest BCUT2D eigenvalue weighted by Crippen LogP contribution is 2.60. The molecule has 3 rings (SSSR count). The molecule has 1 aliphatic heterocycles. The molecule has 1 aromatic heterocycles. The summed E-state index contributed by atoms with van der Waals surface area (Å²) in [6, 6.07) is 4.17. The van der Waals surface area contributed by atoms with E-state index in [9.17, 15) is 4.79 Å². The molecule has 1 saturated heterocycles. The van der Waals surface area contributed by atoms with Gasteiger partial charge in [0.2, 0.25) is 5.91 Å². The van der Waals surface area contributed by atoms with E-state index < -0.39 is 0 Å². The molecule has 1 aromatic rings. The van der Waals surface area contributed by atoms with E-state index in [1.807, 2.05) is 4.90 Å². The van der Waals surface area contributed by atoms with Crippen LogP contribution < -0.4 is 0 Å². The molecular weight excluding hydrogens is 318 g/mol. The zero-order valence-electron chi connectivity index (χ0n) is 15.2. The molecule has 24 heavy (non-hydrogen) atoms. The Hall–Kier alpha value is -1.13. The first-order valence-corrected chi connectivity index (χ1v) is 9.85. The lowest BCUT2D eigenvalue weighted by Gasteiger charge is -2.26. The molecule has 0 aromatic carbocycles. The lowest BCUT2D eigenvalue weighted by atomic mass is 10.1. The summed E-state index contributed by atoms with van der Waals surface area (Å²) in [6.07, 6.45) is 4.66. The fourth-order valence-electron chi connectivity index (χ4n) is 3.87. The second-order valence-corrected chi connectivity index (χ2v) is 9.03. The number of ether oxygens (including phenoxy) is 1. The van der Waals surface area contributed by atoms with Crippen LogP contribution in [-0.4, -0.2) is 30.1 Å². The van der Waals surface area contributed by atoms with Crippen molar-refractivity contribution >= 4 is 17.2 Å². The Balaban J connectivity index is 1.74. The first kappa shape index (κ1) is 17.7. The zero-order valence-corrected chi connectivity index (χ0v) is 16.1. The van der Waals surface area contributed by atoms with E-state index in [-0.39, 0.29) is 17.4 Å². The minimum atomic E-state index is 0.0680. The standard InChI is InChI=1S/C20H29NO2S/c1-14(2)11-17-18(20(17,3)4)19(22)21(12-15-7-5-9-23-15)13-16-8-6-10-24-16/h6,8,10-11,15,17-18H,5,7,9,12-13H2,1-4H3. The van der Waals surface area contributed by atoms with E-state index in [1.165, 1.54) is 10.5 Å². The van der Waals surface area contributed by atoms with Crippen molar-refractivity contribution < 1.29 is 9.53 Å². The van der Waals surface area contributed by atoms with Gasteiger partial charge < -0.3 is 9.64 Å². The number of carbonyl (C=O) groups excluding carboxylic acids is 1. The number of hydrogen-bond donors (Lipinski definition) is 0. The minimum absolute atomic E-state index is 0.0680. The number of carbonyl (C=O) groups is 1. The molecule has 4 heteroatoms. The first-order chi connectivity index (χ1) is 11.4. The molecule has 0 N–H and O–H groups in total. The van der Waals surface area contributed by atoms with Gasteiger partial charge in [0.1, 0.15) is 0 Å². The Morgan fingerprint density at radius 2 is 2.25 bits per heavy atom. The smallest absolute Gasteiger partial charge is 0.227 e. The summed E-state index contributed by atoms with van der Waals surface area (Å²) in [7, 11) is 0. The lowest BCUT2D eigenvalue weighted by molar-refractivity contribution is -0.135. The van der Waals surface area contributed by atoms with E-state index in [0.29, 0.717) is 18.4 Å². The second kappa shape index (κ2) is 7.01. The fourth-order valence-corrected chi connectivity index (χ4v) is 4.59. The number of thiophene rings is 1. The van der Waals surface area contributed by atoms with E-state index in [1.54, 1.807) is 11.3 Å². The van der Waals surface area contributed by atoms with Gasteiger partial charge in [0, 0.05) is 18.0 Å². The SMILES string of the molecule is CC(C)=CC1C(C(=O)N(Cc2cccs2)CC2CCCO2)C1(C)C. The van der Waals surface area contributed by atoms with Crippen molar-refractivity contribution in [2.45, 2.75) is 53.2 Å². The molecule has 1 aliphatic carbocycles. The Bertz CT molecular complexity index is 595. The number of allylic oxidation sites excluding steroid dienone is 2. The third-order valence-electron chi connectivity index (χ3n) is 5.38. The summed E-state index contributed by atoms with van der Waals surface area (Å²) in [4.78, 5) is 16.6. The topological polar surface area (TPSA) is 29.5 Å². The number of nitrogens with zero attached hydrogens (tertiary/aromatic N) is 1. The van der Waals surface area contributed by atoms with Crippen molar-refractivity contribution in [1.82, 2.24) is 4.90 Å². The molecule has 0 bridgehead atoms. The Kier molecular flexibility index (Phi) is 5.16. The summed E-state index contributed by atoms with van der Waals surface area (Å²) in [5.74, 6) is 0.769. The maximum absolute atomic E-state index is 13.3. The van der Waals surface area contributed by atoms with Crippen molar-refractivity contribution in [3.05, 3.63) is 34.0 Å². The van der Waals surface area contributed by atoms with Crippen LogP contribution in [0.1, 0.15) is 45.4 Å². The average molecular weight is 348 g/mol. The van der Waals surface area contributed by atoms with Gasteiger partial charge in [0.25, 0.3) is 0 Å². The molecule has 1 amide bonds. The van der Waals surface area contributed by atoms with Crippen LogP contribution in [0.2, 0.25) is 0 Å². The number of hydrogen-bond acceptors (Lipinski definition) is 3. The van der Waals surface area contributed by atoms with Gasteiger partial charge in [-0.25, -0.2) is 0 Å². The molecule has 0 radical (unpaired) electrons. The maximum Gasteiger partial charge on any atom is 0.227 e. The predicted octanol–water partition coefficient (Wildman–Crippen LogP) is 4.49. The van der Waals surface area contributed by atoms with Crippen molar-refractivity contribution in [3.63, 3.8) is 0 Å². The van der Waals surface area contributed by atoms with Crippen molar-refractivity contribution in [1.29, 1.82) is 0 Å². The van der Waals surface area contributed by atoms with Gasteiger partial charge in [-0.2, -0.15) is 0 Å². The molecular formula is C20H29NO2S. The third kappa shape index (κ3) is 3.75. The quantitative estimate of drug-likeness (QED) is 0.709. The van der Waals surface area contributed by atoms with Crippen LogP contribution in [0, 0.1) is 17.3 Å². The van der Waals surface area contributed by atoms with Gasteiger partial charge >= 0.3 is 0 Å². The Labute approximate surface area is 149 Å². The summed E-state index contributed by atoms with van der Waals surface area (Å²) in [5, 5.41) is 2.08. The fraction of sp³-hybridized carbons (Fsp3) is 0.650. The van der Waals surface area contributed by atoms with Crippen LogP contribution in [0.3, 0.4) is 0 Å². The molecule has 2 aliphatic rings. The third-order valence-corrected chi connectivity index (χ3v) is 6.24. The predicted molar refractivity (Wildman–Crippen MR) is 98.9 cm³/mol. The second-order valence-electron chi connectivity index (χ2n) is 8.00. The summed E-state index contributed by atoms with van der Waals surface area (Å²) < 4.78 is 5.79. The molecule has 1 saturated carbocycles. The van der Waals surface area contributed by atoms with Gasteiger partial charge in [-0.3, -0.25) is 4.79 Å². The summed E-state index contributed by atoms with van der Waals surface area (Å²) in [6.45, 7) is 10.9. The summed E-state index contributed by atoms with van der Waals surface area (Å²) >= 11 is 1.72. The van der Waals surface area contributed by atoms with Gasteiger partial charge in [0.15, 0.2) is 0 Å². The van der Waals surface area contributed by atoms with E-state index >= 15 is 0 Å². The van der Waals surface area contributed by atoms with Crippen LogP contribution in [0.5, 0.6) is 0 Å². The van der Waals surface area contributed by atoms with E-state index in [0.717, 1.165) is 26.0 Å². The Morgan fingerprint density at radius 3 is 2.83 bits per heavy atom. The van der Waals surface area contributed by atoms with E-state index in [2.05, 4.69) is 51.3 Å². The molecule has 3 atom stereocenters. The monoisotopic (exact) mass is 347 g/mol. The molecule has 132 valence electrons. The van der Waals surface area contributed by atoms with E-state index in [4.69, 9.17) is 4.74 Å². The highest BCUT2D eigenvalue weighted by molar-refractivity contribution is 7.09. The highest BCUT2D eigenvalue weighted by atomic mass is 32.1. The van der Waals surface area contributed by atoms with Gasteiger partial charge in [0.05, 0.1) is 18.6 Å². The average Bonchev–Trinajstić information content (AvgIpc) is 3.01. The zero-order chi connectivity index (χ0) is 17.3. The van der Waals surface area contributed by atoms with Crippen LogP contribution >= 0.6 is 11.3 Å². The van der Waals surface area contributed by atoms with Gasteiger partial charge in [-0.1, -0.05) is 31.6 Å². The van der Waals surface area contributed by atoms with Crippen LogP contribution in [0.4, 0.5) is 0 Å². The number of amides is 1. The van der Waals surface area contributed by atoms with Crippen LogP contribution in [-0.2, 0) is 16.1 Å². The first-order valence-electron chi connectivity index (χ1n) is 8.97. The molecule has 2 heterocycles. The minimum Gasteiger partial charge on any atom is -0.376 e. The largest absolute Gasteiger partial charge is 0.376 e. The summed E-state index contributed by atoms with van der Waals surface area (Å²) in [5.41, 5.74) is 1.37.